The van der Waals surface area contributed by atoms with E-state index in [-0.39, 0.29) is 11.0 Å². The molecule has 0 aromatic heterocycles. The Morgan fingerprint density at radius 1 is 1.17 bits per heavy atom. The summed E-state index contributed by atoms with van der Waals surface area (Å²) in [5.41, 5.74) is 1.83. The molecule has 0 aliphatic carbocycles. The topological polar surface area (TPSA) is 74.6 Å². The van der Waals surface area contributed by atoms with Gasteiger partial charge in [-0.3, -0.25) is 10.1 Å². The first-order valence-electron chi connectivity index (χ1n) is 8.98. The zero-order valence-corrected chi connectivity index (χ0v) is 17.2. The number of carbonyl (C=O) groups is 1. The van der Waals surface area contributed by atoms with Crippen LogP contribution in [0.25, 0.3) is 6.08 Å². The molecule has 1 N–H and O–H groups in total. The van der Waals surface area contributed by atoms with E-state index < -0.39 is 0 Å². The lowest BCUT2D eigenvalue weighted by Crippen LogP contribution is -2.42. The molecular weight excluding hydrogens is 386 g/mol. The SMILES string of the molecule is COc1ccc(/C=C/C(=O)NC(=S)N(CCC#N)Cc2ccccc2)cc1OC. The zero-order chi connectivity index (χ0) is 21.1. The summed E-state index contributed by atoms with van der Waals surface area (Å²) in [6.45, 7) is 0.949. The van der Waals surface area contributed by atoms with Gasteiger partial charge in [-0.15, -0.1) is 0 Å². The van der Waals surface area contributed by atoms with Crippen molar-refractivity contribution in [2.24, 2.45) is 0 Å². The third-order valence-corrected chi connectivity index (χ3v) is 4.42. The van der Waals surface area contributed by atoms with Gasteiger partial charge in [0.1, 0.15) is 0 Å². The number of nitrogens with one attached hydrogen (secondary N) is 1. The van der Waals surface area contributed by atoms with Crippen molar-refractivity contribution in [2.75, 3.05) is 20.8 Å². The number of ether oxygens (including phenoxy) is 2. The van der Waals surface area contributed by atoms with E-state index in [0.717, 1.165) is 11.1 Å². The molecule has 2 rings (SSSR count). The lowest BCUT2D eigenvalue weighted by Gasteiger charge is -2.24. The summed E-state index contributed by atoms with van der Waals surface area (Å²) in [5.74, 6) is 0.847. The van der Waals surface area contributed by atoms with Gasteiger partial charge in [-0.2, -0.15) is 5.26 Å². The fraction of sp³-hybridized carbons (Fsp3) is 0.227. The number of nitriles is 1. The van der Waals surface area contributed by atoms with Crippen LogP contribution in [-0.2, 0) is 11.3 Å². The van der Waals surface area contributed by atoms with E-state index in [2.05, 4.69) is 11.4 Å². The highest BCUT2D eigenvalue weighted by Crippen LogP contribution is 2.27. The number of hydrogen-bond donors (Lipinski definition) is 1. The second-order valence-corrected chi connectivity index (χ2v) is 6.44. The van der Waals surface area contributed by atoms with Gasteiger partial charge < -0.3 is 14.4 Å². The van der Waals surface area contributed by atoms with E-state index in [1.54, 1.807) is 37.3 Å². The van der Waals surface area contributed by atoms with Crippen LogP contribution in [0.3, 0.4) is 0 Å². The molecule has 2 aromatic rings. The van der Waals surface area contributed by atoms with Gasteiger partial charge in [0.05, 0.1) is 26.7 Å². The number of amides is 1. The number of hydrogen-bond acceptors (Lipinski definition) is 5. The molecule has 0 saturated heterocycles. The average molecular weight is 410 g/mol. The largest absolute Gasteiger partial charge is 0.493 e. The van der Waals surface area contributed by atoms with E-state index >= 15 is 0 Å². The first-order chi connectivity index (χ1) is 14.1. The molecule has 0 aliphatic rings. The molecule has 0 atom stereocenters. The van der Waals surface area contributed by atoms with Gasteiger partial charge in [-0.25, -0.2) is 0 Å². The van der Waals surface area contributed by atoms with Crippen molar-refractivity contribution in [3.63, 3.8) is 0 Å². The minimum absolute atomic E-state index is 0.283. The predicted octanol–water partition coefficient (Wildman–Crippen LogP) is 3.53. The van der Waals surface area contributed by atoms with Gasteiger partial charge in [0.25, 0.3) is 0 Å². The van der Waals surface area contributed by atoms with Crippen molar-refractivity contribution in [1.82, 2.24) is 10.2 Å². The fourth-order valence-corrected chi connectivity index (χ4v) is 2.85. The Morgan fingerprint density at radius 2 is 1.90 bits per heavy atom. The third-order valence-electron chi connectivity index (χ3n) is 4.06. The Kier molecular flexibility index (Phi) is 8.67. The van der Waals surface area contributed by atoms with Crippen LogP contribution in [0.1, 0.15) is 17.5 Å². The zero-order valence-electron chi connectivity index (χ0n) is 16.4. The normalized spacial score (nSPS) is 10.2. The van der Waals surface area contributed by atoms with Crippen LogP contribution >= 0.6 is 12.2 Å². The molecule has 6 nitrogen and oxygen atoms in total. The Labute approximate surface area is 176 Å². The van der Waals surface area contributed by atoms with Crippen molar-refractivity contribution >= 4 is 29.3 Å². The first-order valence-corrected chi connectivity index (χ1v) is 9.39. The summed E-state index contributed by atoms with van der Waals surface area (Å²) in [5, 5.41) is 11.9. The number of methoxy groups -OCH3 is 2. The molecule has 0 heterocycles. The van der Waals surface area contributed by atoms with Crippen molar-refractivity contribution < 1.29 is 14.3 Å². The Hall–Kier alpha value is -3.37. The minimum Gasteiger partial charge on any atom is -0.493 e. The third kappa shape index (κ3) is 6.94. The molecule has 0 saturated carbocycles. The van der Waals surface area contributed by atoms with Gasteiger partial charge in [-0.1, -0.05) is 36.4 Å². The maximum Gasteiger partial charge on any atom is 0.250 e. The van der Waals surface area contributed by atoms with E-state index in [9.17, 15) is 4.79 Å². The number of benzene rings is 2. The summed E-state index contributed by atoms with van der Waals surface area (Å²) in [6, 6.07) is 17.2. The molecule has 0 aliphatic heterocycles. The highest BCUT2D eigenvalue weighted by Gasteiger charge is 2.12. The van der Waals surface area contributed by atoms with Crippen molar-refractivity contribution in [3.05, 3.63) is 65.7 Å². The van der Waals surface area contributed by atoms with Crippen LogP contribution < -0.4 is 14.8 Å². The molecule has 150 valence electrons. The molecule has 0 fully saturated rings. The van der Waals surface area contributed by atoms with Crippen molar-refractivity contribution in [2.45, 2.75) is 13.0 Å². The molecule has 0 spiro atoms. The van der Waals surface area contributed by atoms with Crippen molar-refractivity contribution in [1.29, 1.82) is 5.26 Å². The summed E-state index contributed by atoms with van der Waals surface area (Å²) in [7, 11) is 3.12. The van der Waals surface area contributed by atoms with Crippen LogP contribution in [0.4, 0.5) is 0 Å². The van der Waals surface area contributed by atoms with E-state index in [0.29, 0.717) is 31.0 Å². The standard InChI is InChI=1S/C22H23N3O3S/c1-27-19-11-9-17(15-20(19)28-2)10-12-21(26)24-22(29)25(14-6-13-23)16-18-7-4-3-5-8-18/h3-5,7-12,15H,6,14,16H2,1-2H3,(H,24,26,29)/b12-10+. The van der Waals surface area contributed by atoms with E-state index in [4.69, 9.17) is 27.0 Å². The molecule has 2 aromatic carbocycles. The van der Waals surface area contributed by atoms with Gasteiger partial charge in [0, 0.05) is 19.2 Å². The maximum absolute atomic E-state index is 12.3. The van der Waals surface area contributed by atoms with Crippen LogP contribution in [0, 0.1) is 11.3 Å². The summed E-state index contributed by atoms with van der Waals surface area (Å²) in [6.07, 6.45) is 3.37. The average Bonchev–Trinajstić information content (AvgIpc) is 2.75. The highest BCUT2D eigenvalue weighted by molar-refractivity contribution is 7.80. The van der Waals surface area contributed by atoms with Crippen LogP contribution in [0.15, 0.2) is 54.6 Å². The van der Waals surface area contributed by atoms with Gasteiger partial charge in [-0.05, 0) is 41.6 Å². The Bertz CT molecular complexity index is 907. The van der Waals surface area contributed by atoms with Gasteiger partial charge >= 0.3 is 0 Å². The number of thiocarbonyl (C=S) groups is 1. The molecule has 0 bridgehead atoms. The summed E-state index contributed by atoms with van der Waals surface area (Å²) >= 11 is 5.38. The Balaban J connectivity index is 2.02. The first kappa shape index (κ1) is 21.9. The lowest BCUT2D eigenvalue weighted by molar-refractivity contribution is -0.115. The van der Waals surface area contributed by atoms with Crippen LogP contribution in [-0.4, -0.2) is 36.7 Å². The summed E-state index contributed by atoms with van der Waals surface area (Å²) in [4.78, 5) is 14.1. The molecule has 0 unspecified atom stereocenters. The number of nitrogens with zero attached hydrogens (tertiary/aromatic N) is 2. The molecule has 0 radical (unpaired) electrons. The second kappa shape index (κ2) is 11.5. The lowest BCUT2D eigenvalue weighted by atomic mass is 10.2. The molecule has 29 heavy (non-hydrogen) atoms. The van der Waals surface area contributed by atoms with Crippen molar-refractivity contribution in [3.8, 4) is 17.6 Å². The predicted molar refractivity (Wildman–Crippen MR) is 116 cm³/mol. The van der Waals surface area contributed by atoms with Crippen LogP contribution in [0.2, 0.25) is 0 Å². The van der Waals surface area contributed by atoms with E-state index in [1.165, 1.54) is 6.08 Å². The molecule has 7 heteroatoms. The molecular formula is C22H23N3O3S. The monoisotopic (exact) mass is 409 g/mol. The van der Waals surface area contributed by atoms with Gasteiger partial charge in [0.15, 0.2) is 16.6 Å². The number of rotatable bonds is 8. The maximum atomic E-state index is 12.3. The second-order valence-electron chi connectivity index (χ2n) is 6.06. The van der Waals surface area contributed by atoms with Gasteiger partial charge in [0.2, 0.25) is 5.91 Å². The smallest absolute Gasteiger partial charge is 0.250 e. The quantitative estimate of drug-likeness (QED) is 0.531. The molecule has 1 amide bonds. The number of carbonyl (C=O) groups excluding carboxylic acids is 1. The Morgan fingerprint density at radius 3 is 2.55 bits per heavy atom. The van der Waals surface area contributed by atoms with E-state index in [1.807, 2.05) is 36.4 Å². The minimum atomic E-state index is -0.347. The summed E-state index contributed by atoms with van der Waals surface area (Å²) < 4.78 is 10.5. The highest BCUT2D eigenvalue weighted by atomic mass is 32.1. The fourth-order valence-electron chi connectivity index (χ4n) is 2.60. The van der Waals surface area contributed by atoms with Crippen LogP contribution in [0.5, 0.6) is 11.5 Å².